The Hall–Kier alpha value is -1.67. The predicted octanol–water partition coefficient (Wildman–Crippen LogP) is 5.92. The molecule has 0 aliphatic carbocycles. The van der Waals surface area contributed by atoms with Crippen molar-refractivity contribution >= 4 is 54.3 Å². The average Bonchev–Trinajstić information content (AvgIpc) is 2.46. The van der Waals surface area contributed by atoms with Crippen LogP contribution in [0.5, 0.6) is 0 Å². The van der Waals surface area contributed by atoms with Crippen molar-refractivity contribution in [3.05, 3.63) is 57.2 Å². The molecule has 118 valence electrons. The van der Waals surface area contributed by atoms with Crippen molar-refractivity contribution in [1.82, 2.24) is 9.97 Å². The van der Waals surface area contributed by atoms with Gasteiger partial charge in [0.05, 0.1) is 5.52 Å². The molecule has 0 amide bonds. The first kappa shape index (κ1) is 16.2. The molecule has 2 aromatic carbocycles. The Kier molecular flexibility index (Phi) is 4.29. The smallest absolute Gasteiger partial charge is 0.340 e. The monoisotopic (exact) mass is 445 g/mol. The second-order valence-corrected chi connectivity index (χ2v) is 6.52. The number of hydrogen-bond donors (Lipinski definition) is 1. The normalized spacial score (nSPS) is 11.7. The Morgan fingerprint density at radius 3 is 2.35 bits per heavy atom. The van der Waals surface area contributed by atoms with Crippen molar-refractivity contribution in [1.29, 1.82) is 0 Å². The second kappa shape index (κ2) is 6.09. The van der Waals surface area contributed by atoms with Crippen LogP contribution in [0.4, 0.5) is 24.7 Å². The van der Waals surface area contributed by atoms with E-state index in [1.54, 1.807) is 30.3 Å². The van der Waals surface area contributed by atoms with E-state index in [9.17, 15) is 13.2 Å². The zero-order chi connectivity index (χ0) is 16.6. The second-order valence-electron chi connectivity index (χ2n) is 4.69. The van der Waals surface area contributed by atoms with Crippen molar-refractivity contribution in [2.75, 3.05) is 5.32 Å². The predicted molar refractivity (Wildman–Crippen MR) is 89.7 cm³/mol. The minimum Gasteiger partial charge on any atom is -0.340 e. The molecule has 0 saturated carbocycles. The van der Waals surface area contributed by atoms with Crippen LogP contribution in [0.1, 0.15) is 5.82 Å². The third-order valence-corrected chi connectivity index (χ3v) is 3.99. The van der Waals surface area contributed by atoms with Gasteiger partial charge in [0.1, 0.15) is 5.82 Å². The molecule has 0 radical (unpaired) electrons. The molecule has 3 aromatic rings. The maximum absolute atomic E-state index is 13.0. The standard InChI is InChI=1S/C15H8Br2F3N3/c16-8-2-1-3-10(6-8)21-13-11-7-9(17)4-5-12(11)22-14(23-13)15(18,19)20/h1-7H,(H,21,22,23). The Balaban J connectivity index is 2.18. The first-order valence-corrected chi connectivity index (χ1v) is 7.98. The molecule has 0 fully saturated rings. The number of rotatable bonds is 2. The summed E-state index contributed by atoms with van der Waals surface area (Å²) >= 11 is 6.63. The van der Waals surface area contributed by atoms with Crippen molar-refractivity contribution in [2.24, 2.45) is 0 Å². The van der Waals surface area contributed by atoms with Crippen LogP contribution < -0.4 is 5.32 Å². The summed E-state index contributed by atoms with van der Waals surface area (Å²) in [6, 6.07) is 11.9. The van der Waals surface area contributed by atoms with Gasteiger partial charge < -0.3 is 5.32 Å². The SMILES string of the molecule is FC(F)(F)c1nc(Nc2cccc(Br)c2)c2cc(Br)ccc2n1. The fraction of sp³-hybridized carbons (Fsp3) is 0.0667. The van der Waals surface area contributed by atoms with E-state index < -0.39 is 12.0 Å². The molecule has 8 heteroatoms. The molecular formula is C15H8Br2F3N3. The summed E-state index contributed by atoms with van der Waals surface area (Å²) in [6.45, 7) is 0. The number of anilines is 2. The lowest BCUT2D eigenvalue weighted by Gasteiger charge is -2.13. The van der Waals surface area contributed by atoms with Crippen molar-refractivity contribution in [3.8, 4) is 0 Å². The summed E-state index contributed by atoms with van der Waals surface area (Å²) in [6.07, 6.45) is -4.62. The molecule has 1 N–H and O–H groups in total. The molecular weight excluding hydrogens is 439 g/mol. The van der Waals surface area contributed by atoms with E-state index in [-0.39, 0.29) is 11.3 Å². The quantitative estimate of drug-likeness (QED) is 0.531. The van der Waals surface area contributed by atoms with Gasteiger partial charge in [-0.1, -0.05) is 37.9 Å². The van der Waals surface area contributed by atoms with Gasteiger partial charge in [0, 0.05) is 20.0 Å². The van der Waals surface area contributed by atoms with Crippen LogP contribution in [0.2, 0.25) is 0 Å². The molecule has 1 aromatic heterocycles. The minimum absolute atomic E-state index is 0.0988. The number of nitrogens with zero attached hydrogens (tertiary/aromatic N) is 2. The Morgan fingerprint density at radius 1 is 0.913 bits per heavy atom. The van der Waals surface area contributed by atoms with E-state index in [4.69, 9.17) is 0 Å². The van der Waals surface area contributed by atoms with Crippen LogP contribution in [0.25, 0.3) is 10.9 Å². The molecule has 0 unspecified atom stereocenters. The molecule has 0 atom stereocenters. The highest BCUT2D eigenvalue weighted by molar-refractivity contribution is 9.10. The first-order chi connectivity index (χ1) is 10.8. The topological polar surface area (TPSA) is 37.8 Å². The summed E-state index contributed by atoms with van der Waals surface area (Å²) in [4.78, 5) is 7.26. The molecule has 23 heavy (non-hydrogen) atoms. The summed E-state index contributed by atoms with van der Waals surface area (Å²) in [5, 5.41) is 3.42. The molecule has 3 nitrogen and oxygen atoms in total. The summed E-state index contributed by atoms with van der Waals surface area (Å²) in [5.74, 6) is -1.08. The van der Waals surface area contributed by atoms with Gasteiger partial charge in [-0.25, -0.2) is 9.97 Å². The van der Waals surface area contributed by atoms with E-state index in [0.717, 1.165) is 8.95 Å². The Labute approximate surface area is 146 Å². The van der Waals surface area contributed by atoms with Crippen LogP contribution in [-0.2, 0) is 6.18 Å². The first-order valence-electron chi connectivity index (χ1n) is 6.40. The number of benzene rings is 2. The molecule has 3 rings (SSSR count). The van der Waals surface area contributed by atoms with E-state index >= 15 is 0 Å². The van der Waals surface area contributed by atoms with E-state index in [2.05, 4.69) is 47.1 Å². The van der Waals surface area contributed by atoms with Gasteiger partial charge in [-0.3, -0.25) is 0 Å². The minimum atomic E-state index is -4.62. The summed E-state index contributed by atoms with van der Waals surface area (Å²) in [7, 11) is 0. The zero-order valence-electron chi connectivity index (χ0n) is 11.3. The fourth-order valence-electron chi connectivity index (χ4n) is 2.03. The number of hydrogen-bond acceptors (Lipinski definition) is 3. The zero-order valence-corrected chi connectivity index (χ0v) is 14.5. The lowest BCUT2D eigenvalue weighted by atomic mass is 10.2. The van der Waals surface area contributed by atoms with Gasteiger partial charge in [0.25, 0.3) is 0 Å². The molecule has 1 heterocycles. The van der Waals surface area contributed by atoms with Crippen molar-refractivity contribution < 1.29 is 13.2 Å². The number of fused-ring (bicyclic) bond motifs is 1. The highest BCUT2D eigenvalue weighted by Gasteiger charge is 2.35. The van der Waals surface area contributed by atoms with Gasteiger partial charge in [-0.2, -0.15) is 13.2 Å². The fourth-order valence-corrected chi connectivity index (χ4v) is 2.79. The van der Waals surface area contributed by atoms with Gasteiger partial charge in [0.2, 0.25) is 5.82 Å². The number of halogens is 5. The average molecular weight is 447 g/mol. The van der Waals surface area contributed by atoms with Gasteiger partial charge in [0.15, 0.2) is 0 Å². The summed E-state index contributed by atoms with van der Waals surface area (Å²) < 4.78 is 40.6. The third-order valence-electron chi connectivity index (χ3n) is 3.00. The van der Waals surface area contributed by atoms with Gasteiger partial charge in [-0.15, -0.1) is 0 Å². The number of alkyl halides is 3. The molecule has 0 aliphatic rings. The molecule has 0 bridgehead atoms. The lowest BCUT2D eigenvalue weighted by molar-refractivity contribution is -0.144. The largest absolute Gasteiger partial charge is 0.451 e. The number of nitrogens with one attached hydrogen (secondary N) is 1. The lowest BCUT2D eigenvalue weighted by Crippen LogP contribution is -2.12. The van der Waals surface area contributed by atoms with Crippen LogP contribution in [0, 0.1) is 0 Å². The maximum atomic E-state index is 13.0. The van der Waals surface area contributed by atoms with E-state index in [0.29, 0.717) is 11.1 Å². The highest BCUT2D eigenvalue weighted by atomic mass is 79.9. The van der Waals surface area contributed by atoms with Gasteiger partial charge >= 0.3 is 6.18 Å². The van der Waals surface area contributed by atoms with Crippen LogP contribution in [0.15, 0.2) is 51.4 Å². The number of aromatic nitrogens is 2. The molecule has 0 aliphatic heterocycles. The van der Waals surface area contributed by atoms with Crippen molar-refractivity contribution in [3.63, 3.8) is 0 Å². The molecule has 0 saturated heterocycles. The van der Waals surface area contributed by atoms with E-state index in [1.165, 1.54) is 6.07 Å². The van der Waals surface area contributed by atoms with Crippen LogP contribution in [0.3, 0.4) is 0 Å². The van der Waals surface area contributed by atoms with Crippen LogP contribution >= 0.6 is 31.9 Å². The van der Waals surface area contributed by atoms with Crippen LogP contribution in [-0.4, -0.2) is 9.97 Å². The summed E-state index contributed by atoms with van der Waals surface area (Å²) in [5.41, 5.74) is 0.834. The van der Waals surface area contributed by atoms with E-state index in [1.807, 2.05) is 6.07 Å². The Morgan fingerprint density at radius 2 is 1.65 bits per heavy atom. The molecule has 0 spiro atoms. The Bertz CT molecular complexity index is 881. The van der Waals surface area contributed by atoms with Crippen molar-refractivity contribution in [2.45, 2.75) is 6.18 Å². The third kappa shape index (κ3) is 3.64. The maximum Gasteiger partial charge on any atom is 0.451 e. The highest BCUT2D eigenvalue weighted by Crippen LogP contribution is 2.32. The van der Waals surface area contributed by atoms with Gasteiger partial charge in [-0.05, 0) is 36.4 Å².